The number of cyclic esters (lactones) is 1. The van der Waals surface area contributed by atoms with E-state index in [2.05, 4.69) is 0 Å². The Morgan fingerprint density at radius 1 is 0.940 bits per heavy atom. The molecular weight excluding hydrogens is 670 g/mol. The standard InChI is InChI=1S/C35H32F6N4O5/c1-19-31(21-12-23(34(36,37)38)16-24(13-21)35(39,40)41)50-33(47)45(19)18-27-25(7-9-30(42-27)44-10-5-11-44)26-14-20(6-8-29(26)48-3)28-15-22(17-43(28)2)32(46)49-4/h6-9,12-17,19,31H,5,10-11,18H2,1-4H3/t19-,31-/m0/s1. The fourth-order valence-corrected chi connectivity index (χ4v) is 6.20. The van der Waals surface area contributed by atoms with Crippen molar-refractivity contribution >= 4 is 17.9 Å². The second-order valence-electron chi connectivity index (χ2n) is 12.1. The van der Waals surface area contributed by atoms with E-state index in [1.54, 1.807) is 29.9 Å². The number of aromatic nitrogens is 2. The molecule has 15 heteroatoms. The number of carbonyl (C=O) groups is 2. The molecule has 6 rings (SSSR count). The number of amides is 1. The number of carbonyl (C=O) groups excluding carboxylic acids is 2. The fourth-order valence-electron chi connectivity index (χ4n) is 6.20. The van der Waals surface area contributed by atoms with Crippen molar-refractivity contribution in [3.8, 4) is 28.1 Å². The molecule has 50 heavy (non-hydrogen) atoms. The number of esters is 1. The normalized spacial score (nSPS) is 17.8. The number of ether oxygens (including phenoxy) is 3. The third kappa shape index (κ3) is 6.55. The molecule has 0 saturated carbocycles. The molecule has 0 unspecified atom stereocenters. The molecule has 4 heterocycles. The first kappa shape index (κ1) is 34.6. The van der Waals surface area contributed by atoms with Crippen LogP contribution in [0.2, 0.25) is 0 Å². The van der Waals surface area contributed by atoms with Gasteiger partial charge in [0, 0.05) is 43.2 Å². The van der Waals surface area contributed by atoms with Crippen LogP contribution in [-0.2, 0) is 35.4 Å². The number of nitrogens with zero attached hydrogens (tertiary/aromatic N) is 4. The van der Waals surface area contributed by atoms with Gasteiger partial charge in [0.25, 0.3) is 0 Å². The first-order chi connectivity index (χ1) is 23.6. The van der Waals surface area contributed by atoms with Gasteiger partial charge in [-0.1, -0.05) is 0 Å². The quantitative estimate of drug-likeness (QED) is 0.136. The van der Waals surface area contributed by atoms with Crippen LogP contribution < -0.4 is 9.64 Å². The van der Waals surface area contributed by atoms with Gasteiger partial charge in [-0.05, 0) is 79.1 Å². The maximum Gasteiger partial charge on any atom is 0.416 e. The van der Waals surface area contributed by atoms with Gasteiger partial charge in [0.05, 0.1) is 49.2 Å². The second-order valence-corrected chi connectivity index (χ2v) is 12.1. The van der Waals surface area contributed by atoms with E-state index in [0.29, 0.717) is 51.8 Å². The molecule has 2 aromatic carbocycles. The van der Waals surface area contributed by atoms with E-state index >= 15 is 0 Å². The highest BCUT2D eigenvalue weighted by Crippen LogP contribution is 2.43. The Hall–Kier alpha value is -5.21. The molecule has 2 aliphatic heterocycles. The fraction of sp³-hybridized carbons (Fsp3) is 0.343. The largest absolute Gasteiger partial charge is 0.496 e. The zero-order valence-corrected chi connectivity index (χ0v) is 27.4. The van der Waals surface area contributed by atoms with Gasteiger partial charge in [-0.15, -0.1) is 0 Å². The summed E-state index contributed by atoms with van der Waals surface area (Å²) < 4.78 is 99.7. The zero-order chi connectivity index (χ0) is 36.1. The van der Waals surface area contributed by atoms with E-state index < -0.39 is 53.3 Å². The lowest BCUT2D eigenvalue weighted by atomic mass is 9.96. The van der Waals surface area contributed by atoms with Gasteiger partial charge >= 0.3 is 24.4 Å². The molecule has 2 aromatic heterocycles. The first-order valence-corrected chi connectivity index (χ1v) is 15.5. The maximum absolute atomic E-state index is 13.6. The van der Waals surface area contributed by atoms with Gasteiger partial charge < -0.3 is 23.7 Å². The predicted molar refractivity (Wildman–Crippen MR) is 169 cm³/mol. The van der Waals surface area contributed by atoms with E-state index in [9.17, 15) is 35.9 Å². The third-order valence-corrected chi connectivity index (χ3v) is 9.00. The number of rotatable bonds is 8. The minimum absolute atomic E-state index is 0.0351. The van der Waals surface area contributed by atoms with Crippen LogP contribution >= 0.6 is 0 Å². The van der Waals surface area contributed by atoms with Gasteiger partial charge in [-0.25, -0.2) is 14.6 Å². The van der Waals surface area contributed by atoms with Crippen molar-refractivity contribution in [2.75, 3.05) is 32.2 Å². The lowest BCUT2D eigenvalue weighted by molar-refractivity contribution is -0.143. The van der Waals surface area contributed by atoms with Crippen LogP contribution in [0.4, 0.5) is 37.0 Å². The SMILES string of the molecule is COC(=O)c1cc(-c2ccc(OC)c(-c3ccc(N4CCC4)nc3CN3C(=O)O[C@H](c4cc(C(F)(F)F)cc(C(F)(F)F)c4)[C@@H]3C)c2)n(C)c1. The van der Waals surface area contributed by atoms with Gasteiger partial charge in [0.2, 0.25) is 0 Å². The van der Waals surface area contributed by atoms with Crippen LogP contribution in [0, 0.1) is 0 Å². The monoisotopic (exact) mass is 702 g/mol. The summed E-state index contributed by atoms with van der Waals surface area (Å²) in [7, 11) is 4.56. The summed E-state index contributed by atoms with van der Waals surface area (Å²) in [6.07, 6.45) is -9.87. The Labute approximate surface area is 283 Å². The van der Waals surface area contributed by atoms with E-state index in [1.807, 2.05) is 29.2 Å². The number of alkyl halides is 6. The average Bonchev–Trinajstić information content (AvgIpc) is 3.57. The van der Waals surface area contributed by atoms with Crippen molar-refractivity contribution in [2.24, 2.45) is 7.05 Å². The lowest BCUT2D eigenvalue weighted by Crippen LogP contribution is -2.38. The van der Waals surface area contributed by atoms with E-state index in [1.165, 1.54) is 26.0 Å². The van der Waals surface area contributed by atoms with Gasteiger partial charge in [-0.2, -0.15) is 26.3 Å². The Kier molecular flexibility index (Phi) is 8.95. The number of anilines is 1. The number of halogens is 6. The van der Waals surface area contributed by atoms with Crippen LogP contribution in [-0.4, -0.2) is 59.9 Å². The van der Waals surface area contributed by atoms with Crippen molar-refractivity contribution < 1.29 is 50.1 Å². The molecule has 2 atom stereocenters. The lowest BCUT2D eigenvalue weighted by Gasteiger charge is -2.33. The molecule has 1 amide bonds. The van der Waals surface area contributed by atoms with Gasteiger partial charge in [0.1, 0.15) is 17.7 Å². The number of hydrogen-bond donors (Lipinski definition) is 0. The molecule has 0 spiro atoms. The summed E-state index contributed by atoms with van der Waals surface area (Å²) in [5.41, 5.74) is -0.112. The molecule has 0 bridgehead atoms. The summed E-state index contributed by atoms with van der Waals surface area (Å²) in [6.45, 7) is 2.85. The van der Waals surface area contributed by atoms with Crippen molar-refractivity contribution in [1.29, 1.82) is 0 Å². The van der Waals surface area contributed by atoms with Gasteiger partial charge in [-0.3, -0.25) is 4.90 Å². The van der Waals surface area contributed by atoms with E-state index in [-0.39, 0.29) is 12.6 Å². The van der Waals surface area contributed by atoms with Crippen LogP contribution in [0.1, 0.15) is 52.2 Å². The number of pyridine rings is 1. The first-order valence-electron chi connectivity index (χ1n) is 15.5. The predicted octanol–water partition coefficient (Wildman–Crippen LogP) is 7.88. The van der Waals surface area contributed by atoms with Crippen LogP contribution in [0.5, 0.6) is 5.75 Å². The van der Waals surface area contributed by atoms with Gasteiger partial charge in [0.15, 0.2) is 0 Å². The van der Waals surface area contributed by atoms with E-state index in [0.717, 1.165) is 25.1 Å². The highest BCUT2D eigenvalue weighted by atomic mass is 19.4. The Bertz CT molecular complexity index is 1920. The summed E-state index contributed by atoms with van der Waals surface area (Å²) in [5.74, 6) is 0.604. The average molecular weight is 703 g/mol. The van der Waals surface area contributed by atoms with Crippen molar-refractivity contribution in [1.82, 2.24) is 14.5 Å². The second kappa shape index (κ2) is 12.9. The summed E-state index contributed by atoms with van der Waals surface area (Å²) in [5, 5.41) is 0. The zero-order valence-electron chi connectivity index (χ0n) is 27.4. The highest BCUT2D eigenvalue weighted by molar-refractivity contribution is 5.91. The molecule has 2 saturated heterocycles. The van der Waals surface area contributed by atoms with Crippen molar-refractivity contribution in [2.45, 2.75) is 44.4 Å². The van der Waals surface area contributed by atoms with Crippen LogP contribution in [0.15, 0.2) is 60.8 Å². The topological polar surface area (TPSA) is 86.1 Å². The molecule has 4 aromatic rings. The van der Waals surface area contributed by atoms with E-state index in [4.69, 9.17) is 19.2 Å². The molecule has 2 aliphatic rings. The summed E-state index contributed by atoms with van der Waals surface area (Å²) in [6, 6.07) is 11.0. The molecule has 9 nitrogen and oxygen atoms in total. The van der Waals surface area contributed by atoms with Crippen molar-refractivity contribution in [3.05, 3.63) is 88.7 Å². The third-order valence-electron chi connectivity index (χ3n) is 9.00. The molecule has 0 radical (unpaired) electrons. The molecule has 0 aliphatic carbocycles. The molecule has 0 N–H and O–H groups in total. The Morgan fingerprint density at radius 3 is 2.20 bits per heavy atom. The van der Waals surface area contributed by atoms with Crippen LogP contribution in [0.3, 0.4) is 0 Å². The summed E-state index contributed by atoms with van der Waals surface area (Å²) >= 11 is 0. The Morgan fingerprint density at radius 2 is 1.62 bits per heavy atom. The van der Waals surface area contributed by atoms with Crippen molar-refractivity contribution in [3.63, 3.8) is 0 Å². The maximum atomic E-state index is 13.6. The molecule has 2 fully saturated rings. The highest BCUT2D eigenvalue weighted by Gasteiger charge is 2.43. The minimum atomic E-state index is -5.06. The summed E-state index contributed by atoms with van der Waals surface area (Å²) in [4.78, 5) is 33.7. The number of aryl methyl sites for hydroxylation is 1. The molecule has 264 valence electrons. The number of methoxy groups -OCH3 is 2. The Balaban J connectivity index is 1.40. The van der Waals surface area contributed by atoms with Crippen LogP contribution in [0.25, 0.3) is 22.4 Å². The smallest absolute Gasteiger partial charge is 0.416 e. The number of hydrogen-bond acceptors (Lipinski definition) is 7. The minimum Gasteiger partial charge on any atom is -0.496 e. The molecular formula is C35H32F6N4O5. The number of benzene rings is 2.